The van der Waals surface area contributed by atoms with Crippen molar-refractivity contribution in [1.82, 2.24) is 10.2 Å². The fraction of sp³-hybridized carbons (Fsp3) is 0.200. The van der Waals surface area contributed by atoms with Gasteiger partial charge in [0.25, 0.3) is 0 Å². The van der Waals surface area contributed by atoms with E-state index in [0.29, 0.717) is 0 Å². The molecule has 2 aromatic rings. The maximum Gasteiger partial charge on any atom is 0.320 e. The summed E-state index contributed by atoms with van der Waals surface area (Å²) in [6.45, 7) is 1.62. The highest BCUT2D eigenvalue weighted by atomic mass is 19.2. The maximum absolute atomic E-state index is 13.3. The predicted molar refractivity (Wildman–Crippen MR) is 56.5 cm³/mol. The molecule has 0 fully saturated rings. The molecule has 1 aromatic carbocycles. The molecule has 1 aromatic heterocycles. The summed E-state index contributed by atoms with van der Waals surface area (Å²) < 4.78 is 44.0. The first-order valence-corrected chi connectivity index (χ1v) is 4.98. The van der Waals surface area contributed by atoms with Crippen molar-refractivity contribution < 1.29 is 17.6 Å². The third kappa shape index (κ3) is 2.28. The second kappa shape index (κ2) is 4.65. The van der Waals surface area contributed by atoms with Gasteiger partial charge in [-0.3, -0.25) is 0 Å². The molecule has 1 heterocycles. The highest BCUT2D eigenvalue weighted by Crippen LogP contribution is 2.23. The lowest BCUT2D eigenvalue weighted by Gasteiger charge is -2.04. The number of hydrogen-bond acceptors (Lipinski definition) is 5. The first-order valence-electron chi connectivity index (χ1n) is 4.98. The fourth-order valence-corrected chi connectivity index (χ4v) is 1.21. The maximum atomic E-state index is 13.3. The molecule has 5 nitrogen and oxygen atoms in total. The van der Waals surface area contributed by atoms with E-state index in [1.807, 2.05) is 0 Å². The Morgan fingerprint density at radius 3 is 2.56 bits per heavy atom. The van der Waals surface area contributed by atoms with Gasteiger partial charge in [-0.2, -0.15) is 0 Å². The molecule has 3 N–H and O–H groups in total. The number of rotatable bonds is 3. The summed E-state index contributed by atoms with van der Waals surface area (Å²) in [7, 11) is 0. The zero-order valence-corrected chi connectivity index (χ0v) is 9.25. The van der Waals surface area contributed by atoms with Crippen molar-refractivity contribution in [2.75, 3.05) is 5.32 Å². The van der Waals surface area contributed by atoms with Gasteiger partial charge in [-0.15, -0.1) is 5.10 Å². The quantitative estimate of drug-likeness (QED) is 0.825. The molecular formula is C10H9F3N4O. The number of nitrogens with zero attached hydrogens (tertiary/aromatic N) is 2. The van der Waals surface area contributed by atoms with Gasteiger partial charge in [0.15, 0.2) is 17.5 Å². The normalized spacial score (nSPS) is 12.5. The first-order chi connectivity index (χ1) is 8.49. The van der Waals surface area contributed by atoms with Gasteiger partial charge in [-0.25, -0.2) is 13.2 Å². The molecule has 0 spiro atoms. The van der Waals surface area contributed by atoms with Crippen molar-refractivity contribution in [2.45, 2.75) is 13.0 Å². The van der Waals surface area contributed by atoms with Crippen molar-refractivity contribution in [3.63, 3.8) is 0 Å². The van der Waals surface area contributed by atoms with E-state index in [-0.39, 0.29) is 17.6 Å². The summed E-state index contributed by atoms with van der Waals surface area (Å²) in [5, 5.41) is 9.46. The molecular weight excluding hydrogens is 249 g/mol. The van der Waals surface area contributed by atoms with Gasteiger partial charge in [0.1, 0.15) is 0 Å². The highest BCUT2D eigenvalue weighted by molar-refractivity contribution is 5.52. The number of anilines is 2. The number of benzene rings is 1. The molecule has 18 heavy (non-hydrogen) atoms. The Kier molecular flexibility index (Phi) is 3.19. The van der Waals surface area contributed by atoms with Crippen LogP contribution in [0.1, 0.15) is 18.9 Å². The second-order valence-electron chi connectivity index (χ2n) is 3.58. The average molecular weight is 258 g/mol. The van der Waals surface area contributed by atoms with Gasteiger partial charge in [0.05, 0.1) is 11.7 Å². The van der Waals surface area contributed by atoms with E-state index in [4.69, 9.17) is 10.2 Å². The lowest BCUT2D eigenvalue weighted by atomic mass is 10.3. The number of hydrogen-bond donors (Lipinski definition) is 2. The van der Waals surface area contributed by atoms with Gasteiger partial charge in [-0.05, 0) is 19.1 Å². The van der Waals surface area contributed by atoms with Gasteiger partial charge in [0.2, 0.25) is 5.89 Å². The fourth-order valence-electron chi connectivity index (χ4n) is 1.21. The molecule has 2 rings (SSSR count). The molecule has 0 amide bonds. The largest absolute Gasteiger partial charge is 0.406 e. The van der Waals surface area contributed by atoms with E-state index in [1.54, 1.807) is 6.92 Å². The van der Waals surface area contributed by atoms with E-state index in [9.17, 15) is 13.2 Å². The van der Waals surface area contributed by atoms with Gasteiger partial charge < -0.3 is 15.5 Å². The molecule has 8 heteroatoms. The van der Waals surface area contributed by atoms with Crippen molar-refractivity contribution >= 4 is 11.7 Å². The summed E-state index contributed by atoms with van der Waals surface area (Å²) in [5.41, 5.74) is 5.18. The summed E-state index contributed by atoms with van der Waals surface area (Å²) in [4.78, 5) is 0. The zero-order valence-electron chi connectivity index (χ0n) is 9.25. The van der Waals surface area contributed by atoms with Crippen LogP contribution < -0.4 is 11.1 Å². The second-order valence-corrected chi connectivity index (χ2v) is 3.58. The van der Waals surface area contributed by atoms with Crippen molar-refractivity contribution in [3.8, 4) is 0 Å². The third-order valence-electron chi connectivity index (χ3n) is 2.11. The molecule has 96 valence electrons. The molecule has 0 saturated heterocycles. The lowest BCUT2D eigenvalue weighted by molar-refractivity contribution is 0.447. The van der Waals surface area contributed by atoms with Crippen LogP contribution in [0, 0.1) is 17.5 Å². The van der Waals surface area contributed by atoms with E-state index in [1.165, 1.54) is 0 Å². The minimum Gasteiger partial charge on any atom is -0.406 e. The Labute approximate surface area is 99.8 Å². The van der Waals surface area contributed by atoms with Crippen LogP contribution in [0.25, 0.3) is 0 Å². The van der Waals surface area contributed by atoms with Gasteiger partial charge >= 0.3 is 6.01 Å². The molecule has 1 atom stereocenters. The van der Waals surface area contributed by atoms with Crippen LogP contribution in [0.4, 0.5) is 24.9 Å². The van der Waals surface area contributed by atoms with Crippen LogP contribution >= 0.6 is 0 Å². The van der Waals surface area contributed by atoms with Gasteiger partial charge in [0, 0.05) is 0 Å². The van der Waals surface area contributed by atoms with E-state index in [2.05, 4.69) is 15.5 Å². The Hall–Kier alpha value is -2.09. The molecule has 0 aliphatic rings. The third-order valence-corrected chi connectivity index (χ3v) is 2.11. The molecule has 0 radical (unpaired) electrons. The summed E-state index contributed by atoms with van der Waals surface area (Å²) in [6, 6.07) is 1.16. The van der Waals surface area contributed by atoms with E-state index < -0.39 is 23.5 Å². The Bertz CT molecular complexity index is 570. The number of nitrogens with two attached hydrogens (primary N) is 1. The molecule has 1 unspecified atom stereocenters. The van der Waals surface area contributed by atoms with E-state index >= 15 is 0 Å². The lowest BCUT2D eigenvalue weighted by Crippen LogP contribution is -2.04. The Morgan fingerprint density at radius 2 is 1.94 bits per heavy atom. The first kappa shape index (κ1) is 12.4. The number of aromatic nitrogens is 2. The summed E-state index contributed by atoms with van der Waals surface area (Å²) in [5.74, 6) is -4.08. The smallest absolute Gasteiger partial charge is 0.320 e. The zero-order chi connectivity index (χ0) is 13.3. The van der Waals surface area contributed by atoms with Crippen LogP contribution in [0.15, 0.2) is 16.5 Å². The minimum atomic E-state index is -1.58. The molecule has 0 aliphatic heterocycles. The predicted octanol–water partition coefficient (Wildman–Crippen LogP) is 2.25. The summed E-state index contributed by atoms with van der Waals surface area (Å²) in [6.07, 6.45) is 0. The standard InChI is InChI=1S/C10H9F3N4O/c1-4(14)9-16-17-10(18-9)15-6-3-2-5(11)7(12)8(6)13/h2-4H,14H2,1H3,(H,15,17). The Morgan fingerprint density at radius 1 is 1.22 bits per heavy atom. The monoisotopic (exact) mass is 258 g/mol. The SMILES string of the molecule is CC(N)c1nnc(Nc2ccc(F)c(F)c2F)o1. The van der Waals surface area contributed by atoms with E-state index in [0.717, 1.165) is 12.1 Å². The van der Waals surface area contributed by atoms with Crippen molar-refractivity contribution in [1.29, 1.82) is 0 Å². The average Bonchev–Trinajstić information content (AvgIpc) is 2.79. The van der Waals surface area contributed by atoms with Crippen LogP contribution in [0.5, 0.6) is 0 Å². The van der Waals surface area contributed by atoms with Crippen molar-refractivity contribution in [3.05, 3.63) is 35.5 Å². The number of nitrogens with one attached hydrogen (secondary N) is 1. The number of halogens is 3. The van der Waals surface area contributed by atoms with Crippen LogP contribution in [0.2, 0.25) is 0 Å². The van der Waals surface area contributed by atoms with Gasteiger partial charge in [-0.1, -0.05) is 5.10 Å². The van der Waals surface area contributed by atoms with Crippen molar-refractivity contribution in [2.24, 2.45) is 5.73 Å². The topological polar surface area (TPSA) is 77.0 Å². The van der Waals surface area contributed by atoms with Crippen LogP contribution in [0.3, 0.4) is 0 Å². The molecule has 0 saturated carbocycles. The molecule has 0 bridgehead atoms. The van der Waals surface area contributed by atoms with Crippen LogP contribution in [-0.2, 0) is 0 Å². The molecule has 0 aliphatic carbocycles. The highest BCUT2D eigenvalue weighted by Gasteiger charge is 2.16. The van der Waals surface area contributed by atoms with Crippen LogP contribution in [-0.4, -0.2) is 10.2 Å². The minimum absolute atomic E-state index is 0.139. The summed E-state index contributed by atoms with van der Waals surface area (Å²) >= 11 is 0. The Balaban J connectivity index is 2.26.